The summed E-state index contributed by atoms with van der Waals surface area (Å²) in [4.78, 5) is 11.2. The zero-order valence-corrected chi connectivity index (χ0v) is 8.26. The Kier molecular flexibility index (Phi) is 2.42. The summed E-state index contributed by atoms with van der Waals surface area (Å²) in [5.74, 6) is 0.171. The minimum atomic E-state index is -0.694. The number of phenols is 1. The molecule has 1 atom stereocenters. The first-order valence-electron chi connectivity index (χ1n) is 4.88. The van der Waals surface area contributed by atoms with Crippen molar-refractivity contribution in [1.29, 1.82) is 0 Å². The molecule has 0 radical (unpaired) electrons. The zero-order valence-electron chi connectivity index (χ0n) is 8.26. The molecule has 2 heteroatoms. The summed E-state index contributed by atoms with van der Waals surface area (Å²) >= 11 is 0. The van der Waals surface area contributed by atoms with Gasteiger partial charge in [-0.25, -0.2) is 0 Å². The SMILES string of the molecule is O=CC1(c2ccccc2O)C=CC=CC1. The number of carbonyl (C=O) groups is 1. The van der Waals surface area contributed by atoms with Crippen LogP contribution in [0.15, 0.2) is 48.6 Å². The van der Waals surface area contributed by atoms with Crippen LogP contribution in [-0.4, -0.2) is 11.4 Å². The van der Waals surface area contributed by atoms with Gasteiger partial charge in [-0.2, -0.15) is 0 Å². The van der Waals surface area contributed by atoms with E-state index in [1.807, 2.05) is 30.4 Å². The van der Waals surface area contributed by atoms with E-state index in [2.05, 4.69) is 0 Å². The molecule has 1 aromatic rings. The summed E-state index contributed by atoms with van der Waals surface area (Å²) in [7, 11) is 0. The van der Waals surface area contributed by atoms with Gasteiger partial charge in [0.25, 0.3) is 0 Å². The average Bonchev–Trinajstić information content (AvgIpc) is 2.30. The average molecular weight is 200 g/mol. The Morgan fingerprint density at radius 1 is 1.27 bits per heavy atom. The first-order chi connectivity index (χ1) is 7.28. The van der Waals surface area contributed by atoms with Crippen LogP contribution < -0.4 is 0 Å². The van der Waals surface area contributed by atoms with Crippen LogP contribution in [0, 0.1) is 0 Å². The number of phenolic OH excluding ortho intramolecular Hbond substituents is 1. The topological polar surface area (TPSA) is 37.3 Å². The molecule has 1 N–H and O–H groups in total. The molecule has 0 fully saturated rings. The molecule has 1 aliphatic rings. The lowest BCUT2D eigenvalue weighted by atomic mass is 9.76. The fourth-order valence-electron chi connectivity index (χ4n) is 1.85. The van der Waals surface area contributed by atoms with Crippen molar-refractivity contribution in [3.63, 3.8) is 0 Å². The van der Waals surface area contributed by atoms with Gasteiger partial charge in [-0.15, -0.1) is 0 Å². The summed E-state index contributed by atoms with van der Waals surface area (Å²) in [5, 5.41) is 9.74. The van der Waals surface area contributed by atoms with Crippen molar-refractivity contribution in [3.05, 3.63) is 54.1 Å². The van der Waals surface area contributed by atoms with Crippen LogP contribution in [0.25, 0.3) is 0 Å². The minimum Gasteiger partial charge on any atom is -0.508 e. The second kappa shape index (κ2) is 3.73. The van der Waals surface area contributed by atoms with Crippen molar-refractivity contribution in [2.45, 2.75) is 11.8 Å². The summed E-state index contributed by atoms with van der Waals surface area (Å²) in [6, 6.07) is 6.96. The van der Waals surface area contributed by atoms with Gasteiger partial charge in [0.05, 0.1) is 5.41 Å². The van der Waals surface area contributed by atoms with Crippen LogP contribution in [0.2, 0.25) is 0 Å². The molecule has 1 unspecified atom stereocenters. The minimum absolute atomic E-state index is 0.171. The van der Waals surface area contributed by atoms with Gasteiger partial charge in [0.2, 0.25) is 0 Å². The number of para-hydroxylation sites is 1. The highest BCUT2D eigenvalue weighted by atomic mass is 16.3. The number of hydrogen-bond acceptors (Lipinski definition) is 2. The van der Waals surface area contributed by atoms with E-state index in [-0.39, 0.29) is 5.75 Å². The zero-order chi connectivity index (χ0) is 10.7. The van der Waals surface area contributed by atoms with Crippen LogP contribution in [0.5, 0.6) is 5.75 Å². The predicted molar refractivity (Wildman–Crippen MR) is 58.7 cm³/mol. The second-order valence-electron chi connectivity index (χ2n) is 3.67. The van der Waals surface area contributed by atoms with Gasteiger partial charge in [0.15, 0.2) is 0 Å². The molecular formula is C13H12O2. The van der Waals surface area contributed by atoms with E-state index < -0.39 is 5.41 Å². The molecule has 0 aliphatic heterocycles. The first-order valence-corrected chi connectivity index (χ1v) is 4.88. The maximum atomic E-state index is 11.2. The molecule has 2 nitrogen and oxygen atoms in total. The Hall–Kier alpha value is -1.83. The molecule has 15 heavy (non-hydrogen) atoms. The second-order valence-corrected chi connectivity index (χ2v) is 3.67. The van der Waals surface area contributed by atoms with Gasteiger partial charge in [-0.1, -0.05) is 42.5 Å². The quantitative estimate of drug-likeness (QED) is 0.744. The van der Waals surface area contributed by atoms with Crippen LogP contribution in [-0.2, 0) is 10.2 Å². The molecule has 0 spiro atoms. The van der Waals surface area contributed by atoms with Gasteiger partial charge in [-0.3, -0.25) is 0 Å². The van der Waals surface area contributed by atoms with Gasteiger partial charge in [0, 0.05) is 5.56 Å². The maximum absolute atomic E-state index is 11.2. The molecule has 0 heterocycles. The molecule has 2 rings (SSSR count). The molecule has 0 saturated heterocycles. The maximum Gasteiger partial charge on any atom is 0.134 e. The van der Waals surface area contributed by atoms with E-state index in [1.165, 1.54) is 0 Å². The van der Waals surface area contributed by atoms with Crippen LogP contribution in [0.4, 0.5) is 0 Å². The summed E-state index contributed by atoms with van der Waals surface area (Å²) < 4.78 is 0. The summed E-state index contributed by atoms with van der Waals surface area (Å²) in [5.41, 5.74) is -0.0271. The van der Waals surface area contributed by atoms with Gasteiger partial charge in [-0.05, 0) is 12.5 Å². The lowest BCUT2D eigenvalue weighted by Gasteiger charge is -2.25. The number of benzene rings is 1. The number of carbonyl (C=O) groups excluding carboxylic acids is 1. The summed E-state index contributed by atoms with van der Waals surface area (Å²) in [6.45, 7) is 0. The number of aromatic hydroxyl groups is 1. The Balaban J connectivity index is 2.52. The standard InChI is InChI=1S/C13H12O2/c14-10-13(8-4-1-5-9-13)11-6-2-3-7-12(11)15/h1-8,10,15H,9H2. The highest BCUT2D eigenvalue weighted by Crippen LogP contribution is 2.35. The molecule has 0 saturated carbocycles. The predicted octanol–water partition coefficient (Wildman–Crippen LogP) is 2.35. The highest BCUT2D eigenvalue weighted by molar-refractivity contribution is 5.75. The molecular weight excluding hydrogens is 188 g/mol. The third-order valence-corrected chi connectivity index (χ3v) is 2.71. The molecule has 0 aromatic heterocycles. The van der Waals surface area contributed by atoms with Gasteiger partial charge in [0.1, 0.15) is 12.0 Å². The number of rotatable bonds is 2. The van der Waals surface area contributed by atoms with E-state index in [1.54, 1.807) is 18.2 Å². The number of hydrogen-bond donors (Lipinski definition) is 1. The third-order valence-electron chi connectivity index (χ3n) is 2.71. The van der Waals surface area contributed by atoms with E-state index in [0.717, 1.165) is 6.29 Å². The lowest BCUT2D eigenvalue weighted by Crippen LogP contribution is -2.25. The monoisotopic (exact) mass is 200 g/mol. The molecule has 76 valence electrons. The fraction of sp³-hybridized carbons (Fsp3) is 0.154. The van der Waals surface area contributed by atoms with Crippen LogP contribution in [0.3, 0.4) is 0 Å². The van der Waals surface area contributed by atoms with Crippen LogP contribution in [0.1, 0.15) is 12.0 Å². The first kappa shape index (κ1) is 9.71. The Bertz CT molecular complexity index is 432. The molecule has 1 aromatic carbocycles. The number of aldehydes is 1. The normalized spacial score (nSPS) is 24.0. The number of allylic oxidation sites excluding steroid dienone is 4. The van der Waals surface area contributed by atoms with E-state index >= 15 is 0 Å². The molecule has 0 bridgehead atoms. The van der Waals surface area contributed by atoms with Crippen molar-refractivity contribution in [2.24, 2.45) is 0 Å². The van der Waals surface area contributed by atoms with Crippen molar-refractivity contribution in [1.82, 2.24) is 0 Å². The molecule has 0 amide bonds. The fourth-order valence-corrected chi connectivity index (χ4v) is 1.85. The van der Waals surface area contributed by atoms with Crippen LogP contribution >= 0.6 is 0 Å². The van der Waals surface area contributed by atoms with Crippen molar-refractivity contribution in [3.8, 4) is 5.75 Å². The van der Waals surface area contributed by atoms with E-state index in [9.17, 15) is 9.90 Å². The van der Waals surface area contributed by atoms with Crippen molar-refractivity contribution < 1.29 is 9.90 Å². The Labute approximate surface area is 88.6 Å². The summed E-state index contributed by atoms with van der Waals surface area (Å²) in [6.07, 6.45) is 8.99. The van der Waals surface area contributed by atoms with Gasteiger partial charge < -0.3 is 9.90 Å². The lowest BCUT2D eigenvalue weighted by molar-refractivity contribution is -0.111. The van der Waals surface area contributed by atoms with Crippen molar-refractivity contribution in [2.75, 3.05) is 0 Å². The largest absolute Gasteiger partial charge is 0.508 e. The smallest absolute Gasteiger partial charge is 0.134 e. The molecule has 1 aliphatic carbocycles. The van der Waals surface area contributed by atoms with E-state index in [0.29, 0.717) is 12.0 Å². The van der Waals surface area contributed by atoms with Gasteiger partial charge >= 0.3 is 0 Å². The third kappa shape index (κ3) is 1.59. The Morgan fingerprint density at radius 2 is 2.07 bits per heavy atom. The highest BCUT2D eigenvalue weighted by Gasteiger charge is 2.31. The van der Waals surface area contributed by atoms with E-state index in [4.69, 9.17) is 0 Å². The van der Waals surface area contributed by atoms with Crippen molar-refractivity contribution >= 4 is 6.29 Å². The Morgan fingerprint density at radius 3 is 2.67 bits per heavy atom.